The summed E-state index contributed by atoms with van der Waals surface area (Å²) in [5.41, 5.74) is 2.02. The Kier molecular flexibility index (Phi) is 8.23. The van der Waals surface area contributed by atoms with Gasteiger partial charge in [0.05, 0.1) is 4.90 Å². The van der Waals surface area contributed by atoms with Crippen LogP contribution >= 0.6 is 0 Å². The van der Waals surface area contributed by atoms with Crippen molar-refractivity contribution in [3.8, 4) is 0 Å². The van der Waals surface area contributed by atoms with Gasteiger partial charge in [0.2, 0.25) is 10.0 Å². The molecule has 2 aromatic rings. The number of amides is 1. The van der Waals surface area contributed by atoms with E-state index < -0.39 is 10.0 Å². The molecule has 0 aliphatic carbocycles. The summed E-state index contributed by atoms with van der Waals surface area (Å²) in [4.78, 5) is 15.3. The molecule has 2 aromatic carbocycles. The molecule has 1 aliphatic rings. The normalized spacial score (nSPS) is 16.1. The molecule has 0 saturated carbocycles. The van der Waals surface area contributed by atoms with E-state index in [1.54, 1.807) is 12.1 Å². The van der Waals surface area contributed by atoms with Gasteiger partial charge in [-0.1, -0.05) is 49.7 Å². The third-order valence-corrected chi connectivity index (χ3v) is 7.10. The van der Waals surface area contributed by atoms with Crippen LogP contribution in [0.3, 0.4) is 0 Å². The fourth-order valence-electron chi connectivity index (χ4n) is 3.88. The van der Waals surface area contributed by atoms with Crippen molar-refractivity contribution >= 4 is 15.9 Å². The van der Waals surface area contributed by atoms with Gasteiger partial charge in [-0.3, -0.25) is 4.79 Å². The number of carbonyl (C=O) groups excluding carboxylic acids is 1. The van der Waals surface area contributed by atoms with E-state index in [2.05, 4.69) is 21.9 Å². The average Bonchev–Trinajstić information content (AvgIpc) is 2.78. The van der Waals surface area contributed by atoms with Gasteiger partial charge in [-0.15, -0.1) is 0 Å². The average molecular weight is 444 g/mol. The Morgan fingerprint density at radius 3 is 2.48 bits per heavy atom. The highest BCUT2D eigenvalue weighted by Gasteiger charge is 2.19. The molecule has 0 spiro atoms. The summed E-state index contributed by atoms with van der Waals surface area (Å²) in [5, 5.41) is 2.98. The van der Waals surface area contributed by atoms with Gasteiger partial charge in [0.1, 0.15) is 0 Å². The molecule has 1 amide bonds. The third kappa shape index (κ3) is 6.89. The molecule has 0 bridgehead atoms. The van der Waals surface area contributed by atoms with E-state index in [0.29, 0.717) is 18.0 Å². The second-order valence-corrected chi connectivity index (χ2v) is 10.2. The number of likely N-dealkylation sites (tertiary alicyclic amines) is 1. The smallest absolute Gasteiger partial charge is 0.251 e. The van der Waals surface area contributed by atoms with Gasteiger partial charge >= 0.3 is 0 Å². The van der Waals surface area contributed by atoms with Crippen molar-refractivity contribution in [2.75, 3.05) is 26.2 Å². The number of carbonyl (C=O) groups is 1. The van der Waals surface area contributed by atoms with Crippen molar-refractivity contribution in [3.05, 3.63) is 65.2 Å². The summed E-state index contributed by atoms with van der Waals surface area (Å²) in [7, 11) is -3.72. The highest BCUT2D eigenvalue weighted by Crippen LogP contribution is 2.17. The molecule has 1 heterocycles. The van der Waals surface area contributed by atoms with E-state index in [9.17, 15) is 13.2 Å². The van der Waals surface area contributed by atoms with Crippen LogP contribution in [-0.2, 0) is 16.6 Å². The highest BCUT2D eigenvalue weighted by molar-refractivity contribution is 7.89. The number of benzene rings is 2. The van der Waals surface area contributed by atoms with Crippen molar-refractivity contribution in [2.24, 2.45) is 5.92 Å². The van der Waals surface area contributed by atoms with E-state index >= 15 is 0 Å². The lowest BCUT2D eigenvalue weighted by Gasteiger charge is -2.29. The van der Waals surface area contributed by atoms with Crippen LogP contribution in [0.4, 0.5) is 0 Å². The SMILES string of the molecule is Cc1ccc(S(=O)(=O)NCc2ccccc2)cc1C(=O)NCC(C)CN1CCCCC1. The van der Waals surface area contributed by atoms with Crippen molar-refractivity contribution < 1.29 is 13.2 Å². The summed E-state index contributed by atoms with van der Waals surface area (Å²) in [6.45, 7) is 7.96. The minimum atomic E-state index is -3.72. The molecule has 1 aliphatic heterocycles. The standard InChI is InChI=1S/C24H33N3O3S/c1-19(18-27-13-7-4-8-14-27)16-25-24(28)23-15-22(12-11-20(23)2)31(29,30)26-17-21-9-5-3-6-10-21/h3,5-6,9-12,15,19,26H,4,7-8,13-14,16-18H2,1-2H3,(H,25,28). The Labute approximate surface area is 186 Å². The lowest BCUT2D eigenvalue weighted by Crippen LogP contribution is -2.38. The Hall–Kier alpha value is -2.22. The van der Waals surface area contributed by atoms with E-state index in [4.69, 9.17) is 0 Å². The largest absolute Gasteiger partial charge is 0.352 e. The van der Waals surface area contributed by atoms with Crippen LogP contribution in [0.25, 0.3) is 0 Å². The number of piperidine rings is 1. The van der Waals surface area contributed by atoms with Gasteiger partial charge in [0.15, 0.2) is 0 Å². The summed E-state index contributed by atoms with van der Waals surface area (Å²) in [6, 6.07) is 14.0. The Balaban J connectivity index is 1.60. The van der Waals surface area contributed by atoms with Crippen LogP contribution in [0.15, 0.2) is 53.4 Å². The molecule has 6 nitrogen and oxygen atoms in total. The zero-order valence-electron chi connectivity index (χ0n) is 18.4. The summed E-state index contributed by atoms with van der Waals surface area (Å²) < 4.78 is 28.1. The van der Waals surface area contributed by atoms with Crippen molar-refractivity contribution in [1.82, 2.24) is 14.9 Å². The maximum absolute atomic E-state index is 12.8. The number of sulfonamides is 1. The van der Waals surface area contributed by atoms with Crippen LogP contribution in [-0.4, -0.2) is 45.4 Å². The lowest BCUT2D eigenvalue weighted by atomic mass is 10.1. The number of nitrogens with zero attached hydrogens (tertiary/aromatic N) is 1. The Morgan fingerprint density at radius 2 is 1.77 bits per heavy atom. The predicted octanol–water partition coefficient (Wildman–Crippen LogP) is 3.33. The molecule has 0 aromatic heterocycles. The zero-order valence-corrected chi connectivity index (χ0v) is 19.2. The monoisotopic (exact) mass is 443 g/mol. The van der Waals surface area contributed by atoms with Crippen LogP contribution in [0.1, 0.15) is 47.7 Å². The summed E-state index contributed by atoms with van der Waals surface area (Å²) >= 11 is 0. The maximum Gasteiger partial charge on any atom is 0.251 e. The Bertz CT molecular complexity index is 971. The minimum absolute atomic E-state index is 0.0977. The molecule has 1 fully saturated rings. The highest BCUT2D eigenvalue weighted by atomic mass is 32.2. The van der Waals surface area contributed by atoms with Gasteiger partial charge in [-0.05, 0) is 62.0 Å². The number of rotatable bonds is 9. The van der Waals surface area contributed by atoms with Gasteiger partial charge in [0.25, 0.3) is 5.91 Å². The third-order valence-electron chi connectivity index (χ3n) is 5.70. The zero-order chi connectivity index (χ0) is 22.3. The Morgan fingerprint density at radius 1 is 1.06 bits per heavy atom. The second-order valence-electron chi connectivity index (χ2n) is 8.46. The quantitative estimate of drug-likeness (QED) is 0.623. The topological polar surface area (TPSA) is 78.5 Å². The molecule has 7 heteroatoms. The van der Waals surface area contributed by atoms with Crippen LogP contribution < -0.4 is 10.0 Å². The first-order chi connectivity index (χ1) is 14.8. The molecule has 1 unspecified atom stereocenters. The van der Waals surface area contributed by atoms with Crippen molar-refractivity contribution in [3.63, 3.8) is 0 Å². The molecule has 1 saturated heterocycles. The maximum atomic E-state index is 12.8. The fourth-order valence-corrected chi connectivity index (χ4v) is 4.92. The van der Waals surface area contributed by atoms with E-state index in [0.717, 1.165) is 30.8 Å². The molecule has 168 valence electrons. The molecule has 3 rings (SSSR count). The molecular formula is C24H33N3O3S. The van der Waals surface area contributed by atoms with Gasteiger partial charge in [-0.25, -0.2) is 13.1 Å². The van der Waals surface area contributed by atoms with Crippen molar-refractivity contribution in [2.45, 2.75) is 44.6 Å². The van der Waals surface area contributed by atoms with Crippen LogP contribution in [0, 0.1) is 12.8 Å². The first-order valence-electron chi connectivity index (χ1n) is 11.0. The lowest BCUT2D eigenvalue weighted by molar-refractivity contribution is 0.0941. The van der Waals surface area contributed by atoms with Crippen LogP contribution in [0.2, 0.25) is 0 Å². The summed E-state index contributed by atoms with van der Waals surface area (Å²) in [5.74, 6) is 0.102. The molecule has 31 heavy (non-hydrogen) atoms. The van der Waals surface area contributed by atoms with Gasteiger partial charge < -0.3 is 10.2 Å². The fraction of sp³-hybridized carbons (Fsp3) is 0.458. The first kappa shape index (κ1) is 23.4. The second kappa shape index (κ2) is 10.9. The van der Waals surface area contributed by atoms with E-state index in [1.807, 2.05) is 37.3 Å². The van der Waals surface area contributed by atoms with E-state index in [-0.39, 0.29) is 17.3 Å². The number of nitrogens with one attached hydrogen (secondary N) is 2. The molecule has 2 N–H and O–H groups in total. The number of aryl methyl sites for hydroxylation is 1. The first-order valence-corrected chi connectivity index (χ1v) is 12.5. The van der Waals surface area contributed by atoms with Crippen LogP contribution in [0.5, 0.6) is 0 Å². The summed E-state index contributed by atoms with van der Waals surface area (Å²) in [6.07, 6.45) is 3.80. The minimum Gasteiger partial charge on any atom is -0.352 e. The molecule has 1 atom stereocenters. The van der Waals surface area contributed by atoms with Gasteiger partial charge in [-0.2, -0.15) is 0 Å². The van der Waals surface area contributed by atoms with Crippen molar-refractivity contribution in [1.29, 1.82) is 0 Å². The van der Waals surface area contributed by atoms with Gasteiger partial charge in [0, 0.05) is 25.2 Å². The van der Waals surface area contributed by atoms with E-state index in [1.165, 1.54) is 25.3 Å². The number of hydrogen-bond acceptors (Lipinski definition) is 4. The predicted molar refractivity (Wildman–Crippen MR) is 123 cm³/mol. The molecular weight excluding hydrogens is 410 g/mol. The molecule has 0 radical (unpaired) electrons. The number of hydrogen-bond donors (Lipinski definition) is 2.